The van der Waals surface area contributed by atoms with Gasteiger partial charge in [-0.1, -0.05) is 18.2 Å². The number of para-hydroxylation sites is 1. The van der Waals surface area contributed by atoms with E-state index in [0.717, 1.165) is 35.6 Å². The standard InChI is InChI=1S/C14H12N2O3S/c17-13(12-10(14(18)19)8-15-20-12)16-7-3-5-9-4-1-2-6-11(9)16/h1-2,4,6,8H,3,5,7H2,(H,18,19). The first-order valence-corrected chi connectivity index (χ1v) is 7.03. The van der Waals surface area contributed by atoms with Gasteiger partial charge in [-0.25, -0.2) is 4.79 Å². The fraction of sp³-hybridized carbons (Fsp3) is 0.214. The molecule has 1 amide bonds. The minimum Gasteiger partial charge on any atom is -0.478 e. The molecule has 0 radical (unpaired) electrons. The molecule has 6 heteroatoms. The zero-order chi connectivity index (χ0) is 14.1. The van der Waals surface area contributed by atoms with Crippen LogP contribution in [0.2, 0.25) is 0 Å². The van der Waals surface area contributed by atoms with Crippen LogP contribution in [0.4, 0.5) is 5.69 Å². The van der Waals surface area contributed by atoms with E-state index in [0.29, 0.717) is 6.54 Å². The Kier molecular flexibility index (Phi) is 3.23. The SMILES string of the molecule is O=C(O)c1cnsc1C(=O)N1CCCc2ccccc21. The molecule has 102 valence electrons. The van der Waals surface area contributed by atoms with Crippen molar-refractivity contribution in [2.24, 2.45) is 0 Å². The van der Waals surface area contributed by atoms with Crippen LogP contribution in [0.3, 0.4) is 0 Å². The van der Waals surface area contributed by atoms with Gasteiger partial charge in [-0.05, 0) is 36.0 Å². The maximum atomic E-state index is 12.6. The lowest BCUT2D eigenvalue weighted by atomic mass is 10.0. The van der Waals surface area contributed by atoms with Crippen LogP contribution in [-0.4, -0.2) is 27.9 Å². The third-order valence-corrected chi connectivity index (χ3v) is 4.14. The predicted octanol–water partition coefficient (Wildman–Crippen LogP) is 2.43. The number of anilines is 1. The Morgan fingerprint density at radius 2 is 2.10 bits per heavy atom. The Hall–Kier alpha value is -2.21. The first kappa shape index (κ1) is 12.8. The summed E-state index contributed by atoms with van der Waals surface area (Å²) in [5.74, 6) is -1.40. The number of rotatable bonds is 2. The van der Waals surface area contributed by atoms with Crippen molar-refractivity contribution in [2.45, 2.75) is 12.8 Å². The number of carboxylic acids is 1. The highest BCUT2D eigenvalue weighted by Crippen LogP contribution is 2.29. The van der Waals surface area contributed by atoms with Crippen LogP contribution < -0.4 is 4.90 Å². The molecular formula is C14H12N2O3S. The van der Waals surface area contributed by atoms with Gasteiger partial charge in [-0.2, -0.15) is 4.37 Å². The van der Waals surface area contributed by atoms with Gasteiger partial charge in [0.2, 0.25) is 0 Å². The summed E-state index contributed by atoms with van der Waals surface area (Å²) < 4.78 is 3.83. The van der Waals surface area contributed by atoms with Gasteiger partial charge in [0.25, 0.3) is 5.91 Å². The van der Waals surface area contributed by atoms with Crippen LogP contribution in [0.5, 0.6) is 0 Å². The van der Waals surface area contributed by atoms with Gasteiger partial charge in [0, 0.05) is 12.2 Å². The van der Waals surface area contributed by atoms with E-state index >= 15 is 0 Å². The normalized spacial score (nSPS) is 13.9. The summed E-state index contributed by atoms with van der Waals surface area (Å²) in [5.41, 5.74) is 1.96. The molecule has 0 bridgehead atoms. The summed E-state index contributed by atoms with van der Waals surface area (Å²) in [6.07, 6.45) is 3.05. The Bertz CT molecular complexity index is 681. The Morgan fingerprint density at radius 1 is 1.30 bits per heavy atom. The number of aromatic nitrogens is 1. The number of amides is 1. The van der Waals surface area contributed by atoms with E-state index in [9.17, 15) is 9.59 Å². The number of nitrogens with zero attached hydrogens (tertiary/aromatic N) is 2. The van der Waals surface area contributed by atoms with E-state index in [4.69, 9.17) is 5.11 Å². The zero-order valence-corrected chi connectivity index (χ0v) is 11.4. The second kappa shape index (κ2) is 5.05. The average Bonchev–Trinajstić information content (AvgIpc) is 2.95. The number of aryl methyl sites for hydroxylation is 1. The second-order valence-corrected chi connectivity index (χ2v) is 5.36. The van der Waals surface area contributed by atoms with E-state index in [1.54, 1.807) is 4.90 Å². The lowest BCUT2D eigenvalue weighted by Gasteiger charge is -2.29. The van der Waals surface area contributed by atoms with E-state index in [1.165, 1.54) is 6.20 Å². The fourth-order valence-electron chi connectivity index (χ4n) is 2.41. The molecule has 0 saturated carbocycles. The molecule has 0 aliphatic carbocycles. The van der Waals surface area contributed by atoms with Crippen molar-refractivity contribution in [3.05, 3.63) is 46.5 Å². The molecule has 1 aliphatic heterocycles. The molecule has 2 heterocycles. The number of fused-ring (bicyclic) bond motifs is 1. The average molecular weight is 288 g/mol. The minimum atomic E-state index is -1.12. The summed E-state index contributed by atoms with van der Waals surface area (Å²) in [7, 11) is 0. The van der Waals surface area contributed by atoms with Crippen molar-refractivity contribution in [1.82, 2.24) is 4.37 Å². The van der Waals surface area contributed by atoms with Gasteiger partial charge in [0.05, 0.1) is 6.20 Å². The smallest absolute Gasteiger partial charge is 0.339 e. The van der Waals surface area contributed by atoms with Crippen molar-refractivity contribution in [3.63, 3.8) is 0 Å². The molecule has 20 heavy (non-hydrogen) atoms. The Morgan fingerprint density at radius 3 is 2.90 bits per heavy atom. The van der Waals surface area contributed by atoms with Gasteiger partial charge in [-0.3, -0.25) is 4.79 Å². The maximum absolute atomic E-state index is 12.6. The highest BCUT2D eigenvalue weighted by Gasteiger charge is 2.28. The van der Waals surface area contributed by atoms with E-state index in [-0.39, 0.29) is 16.3 Å². The number of benzene rings is 1. The quantitative estimate of drug-likeness (QED) is 0.921. The van der Waals surface area contributed by atoms with Crippen molar-refractivity contribution in [2.75, 3.05) is 11.4 Å². The maximum Gasteiger partial charge on any atom is 0.339 e. The number of carboxylic acid groups (broad SMARTS) is 1. The number of carbonyl (C=O) groups excluding carboxylic acids is 1. The van der Waals surface area contributed by atoms with E-state index in [2.05, 4.69) is 4.37 Å². The second-order valence-electron chi connectivity index (χ2n) is 4.56. The molecule has 0 unspecified atom stereocenters. The van der Waals surface area contributed by atoms with Crippen LogP contribution in [0.25, 0.3) is 0 Å². The van der Waals surface area contributed by atoms with Gasteiger partial charge < -0.3 is 10.0 Å². The van der Waals surface area contributed by atoms with Gasteiger partial charge in [-0.15, -0.1) is 0 Å². The first-order valence-electron chi connectivity index (χ1n) is 6.26. The topological polar surface area (TPSA) is 70.5 Å². The van der Waals surface area contributed by atoms with Crippen LogP contribution in [0.1, 0.15) is 32.0 Å². The first-order chi connectivity index (χ1) is 9.68. The lowest BCUT2D eigenvalue weighted by Crippen LogP contribution is -2.35. The zero-order valence-electron chi connectivity index (χ0n) is 10.6. The number of carbonyl (C=O) groups is 2. The van der Waals surface area contributed by atoms with Gasteiger partial charge in [0.1, 0.15) is 10.4 Å². The molecule has 3 rings (SSSR count). The van der Waals surface area contributed by atoms with Crippen molar-refractivity contribution in [1.29, 1.82) is 0 Å². The van der Waals surface area contributed by atoms with Crippen LogP contribution in [-0.2, 0) is 6.42 Å². The number of hydrogen-bond acceptors (Lipinski definition) is 4. The monoisotopic (exact) mass is 288 g/mol. The molecule has 5 nitrogen and oxygen atoms in total. The Balaban J connectivity index is 2.00. The predicted molar refractivity (Wildman–Crippen MR) is 75.5 cm³/mol. The van der Waals surface area contributed by atoms with E-state index in [1.807, 2.05) is 24.3 Å². The highest BCUT2D eigenvalue weighted by atomic mass is 32.1. The van der Waals surface area contributed by atoms with Crippen LogP contribution >= 0.6 is 11.5 Å². The number of hydrogen-bond donors (Lipinski definition) is 1. The molecule has 1 aromatic carbocycles. The molecule has 0 saturated heterocycles. The fourth-order valence-corrected chi connectivity index (χ4v) is 3.10. The van der Waals surface area contributed by atoms with Gasteiger partial charge in [0.15, 0.2) is 0 Å². The molecule has 0 fully saturated rings. The summed E-state index contributed by atoms with van der Waals surface area (Å²) in [6.45, 7) is 0.604. The molecule has 2 aromatic rings. The molecule has 0 atom stereocenters. The minimum absolute atomic E-state index is 0.0249. The largest absolute Gasteiger partial charge is 0.478 e. The van der Waals surface area contributed by atoms with Crippen molar-refractivity contribution >= 4 is 29.1 Å². The summed E-state index contributed by atoms with van der Waals surface area (Å²) in [6, 6.07) is 7.73. The molecule has 1 N–H and O–H groups in total. The Labute approximate surface area is 119 Å². The van der Waals surface area contributed by atoms with Crippen LogP contribution in [0.15, 0.2) is 30.5 Å². The molecular weight excluding hydrogens is 276 g/mol. The van der Waals surface area contributed by atoms with Crippen LogP contribution in [0, 0.1) is 0 Å². The summed E-state index contributed by atoms with van der Waals surface area (Å²) >= 11 is 0.932. The summed E-state index contributed by atoms with van der Waals surface area (Å²) in [4.78, 5) is 25.5. The third kappa shape index (κ3) is 2.08. The van der Waals surface area contributed by atoms with Gasteiger partial charge >= 0.3 is 5.97 Å². The molecule has 0 spiro atoms. The third-order valence-electron chi connectivity index (χ3n) is 3.35. The number of aromatic carboxylic acids is 1. The molecule has 1 aliphatic rings. The highest BCUT2D eigenvalue weighted by molar-refractivity contribution is 7.08. The molecule has 1 aromatic heterocycles. The van der Waals surface area contributed by atoms with Crippen molar-refractivity contribution in [3.8, 4) is 0 Å². The van der Waals surface area contributed by atoms with Crippen molar-refractivity contribution < 1.29 is 14.7 Å². The van der Waals surface area contributed by atoms with E-state index < -0.39 is 5.97 Å². The lowest BCUT2D eigenvalue weighted by molar-refractivity contribution is 0.0692. The summed E-state index contributed by atoms with van der Waals surface area (Å²) in [5, 5.41) is 9.09.